The van der Waals surface area contributed by atoms with Gasteiger partial charge >= 0.3 is 30.3 Å². The first-order valence-corrected chi connectivity index (χ1v) is 6.31. The van der Waals surface area contributed by atoms with E-state index in [0.29, 0.717) is 0 Å². The Kier molecular flexibility index (Phi) is 125. The van der Waals surface area contributed by atoms with Crippen LogP contribution in [0.15, 0.2) is 0 Å². The zero-order valence-corrected chi connectivity index (χ0v) is 9.42. The summed E-state index contributed by atoms with van der Waals surface area (Å²) in [4.78, 5) is 0. The molecule has 0 amide bonds. The van der Waals surface area contributed by atoms with Crippen molar-refractivity contribution in [1.82, 2.24) is 0 Å². The molecule has 2 radical (unpaired) electrons. The van der Waals surface area contributed by atoms with Crippen LogP contribution in [0.4, 0.5) is 0 Å². The van der Waals surface area contributed by atoms with Crippen LogP contribution in [-0.2, 0) is 0 Å². The molecule has 2 nitrogen and oxygen atoms in total. The Bertz CT molecular complexity index is 16.0. The molecule has 0 fully saturated rings. The van der Waals surface area contributed by atoms with E-state index in [1.54, 1.807) is 0 Å². The van der Waals surface area contributed by atoms with Crippen molar-refractivity contribution in [3.8, 4) is 0 Å². The van der Waals surface area contributed by atoms with Crippen LogP contribution in [0.5, 0.6) is 0 Å². The molecule has 4 heteroatoms. The van der Waals surface area contributed by atoms with Crippen molar-refractivity contribution in [3.63, 3.8) is 0 Å². The van der Waals surface area contributed by atoms with E-state index in [0.717, 1.165) is 21.4 Å². The van der Waals surface area contributed by atoms with E-state index < -0.39 is 0 Å². The summed E-state index contributed by atoms with van der Waals surface area (Å²) >= 11 is 0.822. The fourth-order valence-corrected chi connectivity index (χ4v) is 0. The second-order valence-corrected chi connectivity index (χ2v) is 1.000. The monoisotopic (exact) mass is 250 g/mol. The van der Waals surface area contributed by atoms with E-state index in [-0.39, 0.29) is 11.0 Å². The van der Waals surface area contributed by atoms with Crippen LogP contribution in [0.3, 0.4) is 0 Å². The molecule has 0 rings (SSSR count). The third-order valence-corrected chi connectivity index (χ3v) is 0.500. The molecule has 0 aromatic heterocycles. The molecular formula is C4H15ClO2Sn. The van der Waals surface area contributed by atoms with Crippen LogP contribution >= 0.6 is 8.92 Å². The molecule has 0 spiro atoms. The maximum absolute atomic E-state index is 4.77. The van der Waals surface area contributed by atoms with Gasteiger partial charge in [-0.25, -0.2) is 0 Å². The SMILES string of the molecule is CCCC.O.O.[Cl][SnH]. The Morgan fingerprint density at radius 1 is 1.00 bits per heavy atom. The van der Waals surface area contributed by atoms with Crippen LogP contribution in [0, 0.1) is 0 Å². The van der Waals surface area contributed by atoms with E-state index in [2.05, 4.69) is 13.8 Å². The normalized spacial score (nSPS) is 4.50. The van der Waals surface area contributed by atoms with Gasteiger partial charge in [0.1, 0.15) is 0 Å². The van der Waals surface area contributed by atoms with E-state index in [9.17, 15) is 0 Å². The Hall–Kier alpha value is 1.01. The zero-order chi connectivity index (χ0) is 5.41. The second-order valence-electron chi connectivity index (χ2n) is 1.000. The first kappa shape index (κ1) is 23.0. The fraction of sp³-hybridized carbons (Fsp3) is 1.00. The molecule has 0 heterocycles. The molecule has 0 aliphatic carbocycles. The number of hydrogen-bond acceptors (Lipinski definition) is 0. The molecule has 0 aromatic rings. The molecule has 0 saturated heterocycles. The van der Waals surface area contributed by atoms with Crippen molar-refractivity contribution in [2.24, 2.45) is 0 Å². The molecule has 0 unspecified atom stereocenters. The van der Waals surface area contributed by atoms with Gasteiger partial charge in [0.25, 0.3) is 0 Å². The van der Waals surface area contributed by atoms with Crippen molar-refractivity contribution in [1.29, 1.82) is 0 Å². The summed E-state index contributed by atoms with van der Waals surface area (Å²) < 4.78 is 0. The first-order chi connectivity index (χ1) is 2.91. The molecule has 0 aliphatic heterocycles. The Morgan fingerprint density at radius 2 is 1.12 bits per heavy atom. The van der Waals surface area contributed by atoms with Gasteiger partial charge in [-0.3, -0.25) is 0 Å². The van der Waals surface area contributed by atoms with Crippen LogP contribution in [-0.4, -0.2) is 32.4 Å². The van der Waals surface area contributed by atoms with Crippen molar-refractivity contribution < 1.29 is 11.0 Å². The van der Waals surface area contributed by atoms with Crippen LogP contribution in [0.25, 0.3) is 0 Å². The second kappa shape index (κ2) is 43.5. The van der Waals surface area contributed by atoms with Gasteiger partial charge in [0.05, 0.1) is 0 Å². The van der Waals surface area contributed by atoms with Gasteiger partial charge in [-0.15, -0.1) is 0 Å². The number of halogens is 1. The van der Waals surface area contributed by atoms with Gasteiger partial charge in [0.15, 0.2) is 0 Å². The molecule has 0 atom stereocenters. The predicted octanol–water partition coefficient (Wildman–Crippen LogP) is 0.198. The van der Waals surface area contributed by atoms with Crippen molar-refractivity contribution >= 4 is 30.3 Å². The summed E-state index contributed by atoms with van der Waals surface area (Å²) in [6.45, 7) is 4.36. The van der Waals surface area contributed by atoms with Gasteiger partial charge in [0, 0.05) is 0 Å². The van der Waals surface area contributed by atoms with Crippen molar-refractivity contribution in [2.75, 3.05) is 0 Å². The van der Waals surface area contributed by atoms with E-state index >= 15 is 0 Å². The van der Waals surface area contributed by atoms with Crippen LogP contribution in [0.2, 0.25) is 0 Å². The van der Waals surface area contributed by atoms with Crippen molar-refractivity contribution in [2.45, 2.75) is 26.7 Å². The number of unbranched alkanes of at least 4 members (excludes halogenated alkanes) is 1. The summed E-state index contributed by atoms with van der Waals surface area (Å²) in [5.41, 5.74) is 0. The summed E-state index contributed by atoms with van der Waals surface area (Å²) in [5, 5.41) is 0. The summed E-state index contributed by atoms with van der Waals surface area (Å²) in [7, 11) is 4.77. The molecule has 0 bridgehead atoms. The van der Waals surface area contributed by atoms with Gasteiger partial charge in [-0.2, -0.15) is 0 Å². The van der Waals surface area contributed by atoms with E-state index in [1.165, 1.54) is 12.8 Å². The Balaban J connectivity index is -0.0000000183. The van der Waals surface area contributed by atoms with Gasteiger partial charge < -0.3 is 11.0 Å². The maximum atomic E-state index is 4.77. The molecule has 54 valence electrons. The summed E-state index contributed by atoms with van der Waals surface area (Å²) in [6, 6.07) is 0. The standard InChI is InChI=1S/C4H10.ClH.2H2O.Sn.H/c1-3-4-2;;;;;/h3-4H2,1-2H3;1H;2*1H2;;/q;;;;+1;/p-1. The molecule has 0 aliphatic rings. The molecule has 0 saturated carbocycles. The average molecular weight is 249 g/mol. The Labute approximate surface area is 68.0 Å². The number of hydrogen-bond donors (Lipinski definition) is 0. The predicted molar refractivity (Wildman–Crippen MR) is 40.8 cm³/mol. The first-order valence-electron chi connectivity index (χ1n) is 2.13. The topological polar surface area (TPSA) is 63.0 Å². The van der Waals surface area contributed by atoms with Crippen LogP contribution < -0.4 is 0 Å². The molecule has 0 aromatic carbocycles. The summed E-state index contributed by atoms with van der Waals surface area (Å²) in [5.74, 6) is 0. The van der Waals surface area contributed by atoms with E-state index in [1.807, 2.05) is 0 Å². The van der Waals surface area contributed by atoms with Gasteiger partial charge in [-0.05, 0) is 0 Å². The summed E-state index contributed by atoms with van der Waals surface area (Å²) in [6.07, 6.45) is 2.64. The van der Waals surface area contributed by atoms with Gasteiger partial charge in [-0.1, -0.05) is 26.7 Å². The van der Waals surface area contributed by atoms with Gasteiger partial charge in [0.2, 0.25) is 0 Å². The fourth-order valence-electron chi connectivity index (χ4n) is 0. The minimum absolute atomic E-state index is 0. The average Bonchev–Trinajstić information content (AvgIpc) is 1.72. The molecule has 8 heavy (non-hydrogen) atoms. The zero-order valence-electron chi connectivity index (χ0n) is 5.37. The Morgan fingerprint density at radius 3 is 1.12 bits per heavy atom. The van der Waals surface area contributed by atoms with Crippen molar-refractivity contribution in [3.05, 3.63) is 0 Å². The molecule has 4 N–H and O–H groups in total. The molecular weight excluding hydrogens is 234 g/mol. The third kappa shape index (κ3) is 62.7. The van der Waals surface area contributed by atoms with E-state index in [4.69, 9.17) is 8.92 Å². The van der Waals surface area contributed by atoms with Crippen LogP contribution in [0.1, 0.15) is 26.7 Å². The minimum atomic E-state index is 0. The number of rotatable bonds is 1. The quantitative estimate of drug-likeness (QED) is 0.596. The third-order valence-electron chi connectivity index (χ3n) is 0.500.